The molecule has 1 atom stereocenters. The molecular formula is C34H37N3O5S. The minimum atomic E-state index is -4.15. The van der Waals surface area contributed by atoms with Crippen molar-refractivity contribution in [2.75, 3.05) is 24.0 Å². The summed E-state index contributed by atoms with van der Waals surface area (Å²) in [5.41, 5.74) is 2.00. The van der Waals surface area contributed by atoms with Gasteiger partial charge in [0.2, 0.25) is 11.8 Å². The van der Waals surface area contributed by atoms with Crippen LogP contribution in [0.1, 0.15) is 25.0 Å². The van der Waals surface area contributed by atoms with E-state index in [2.05, 4.69) is 5.32 Å². The summed E-state index contributed by atoms with van der Waals surface area (Å²) in [5, 5.41) is 2.87. The molecule has 0 aliphatic rings. The minimum Gasteiger partial charge on any atom is -0.494 e. The number of hydrogen-bond acceptors (Lipinski definition) is 5. The molecule has 1 unspecified atom stereocenters. The maximum atomic E-state index is 14.3. The molecule has 0 saturated carbocycles. The highest BCUT2D eigenvalue weighted by molar-refractivity contribution is 7.92. The van der Waals surface area contributed by atoms with Gasteiger partial charge in [0, 0.05) is 19.5 Å². The van der Waals surface area contributed by atoms with Gasteiger partial charge in [0.15, 0.2) is 0 Å². The SMILES string of the molecule is CCNC(=O)C(Cc1ccccc1)N(Cc1ccccc1)C(=O)CN(c1ccc(OCC)cc1)S(=O)(=O)c1ccccc1. The van der Waals surface area contributed by atoms with Crippen molar-refractivity contribution in [2.45, 2.75) is 37.8 Å². The number of anilines is 1. The molecule has 4 aromatic rings. The summed E-state index contributed by atoms with van der Waals surface area (Å²) in [6, 6.07) is 32.5. The van der Waals surface area contributed by atoms with Crippen molar-refractivity contribution in [3.63, 3.8) is 0 Å². The normalized spacial score (nSPS) is 11.8. The van der Waals surface area contributed by atoms with Gasteiger partial charge in [0.05, 0.1) is 17.2 Å². The molecule has 4 aromatic carbocycles. The molecule has 43 heavy (non-hydrogen) atoms. The van der Waals surface area contributed by atoms with Crippen molar-refractivity contribution in [3.8, 4) is 5.75 Å². The third kappa shape index (κ3) is 8.23. The number of ether oxygens (including phenoxy) is 1. The first-order chi connectivity index (χ1) is 20.8. The summed E-state index contributed by atoms with van der Waals surface area (Å²) in [7, 11) is -4.15. The molecule has 0 spiro atoms. The highest BCUT2D eigenvalue weighted by atomic mass is 32.2. The summed E-state index contributed by atoms with van der Waals surface area (Å²) >= 11 is 0. The predicted octanol–water partition coefficient (Wildman–Crippen LogP) is 5.06. The second-order valence-electron chi connectivity index (χ2n) is 9.86. The van der Waals surface area contributed by atoms with Crippen molar-refractivity contribution < 1.29 is 22.7 Å². The van der Waals surface area contributed by atoms with E-state index in [9.17, 15) is 18.0 Å². The molecule has 2 amide bonds. The number of sulfonamides is 1. The van der Waals surface area contributed by atoms with Gasteiger partial charge in [-0.3, -0.25) is 13.9 Å². The zero-order valence-electron chi connectivity index (χ0n) is 24.4. The first-order valence-corrected chi connectivity index (χ1v) is 15.7. The molecule has 0 aromatic heterocycles. The lowest BCUT2D eigenvalue weighted by atomic mass is 10.0. The molecule has 0 bridgehead atoms. The summed E-state index contributed by atoms with van der Waals surface area (Å²) in [4.78, 5) is 29.4. The Balaban J connectivity index is 1.77. The summed E-state index contributed by atoms with van der Waals surface area (Å²) < 4.78 is 34.6. The number of benzene rings is 4. The van der Waals surface area contributed by atoms with E-state index in [0.717, 1.165) is 15.4 Å². The van der Waals surface area contributed by atoms with Gasteiger partial charge in [-0.25, -0.2) is 8.42 Å². The molecule has 0 heterocycles. The molecule has 0 radical (unpaired) electrons. The van der Waals surface area contributed by atoms with E-state index in [1.807, 2.05) is 74.5 Å². The topological polar surface area (TPSA) is 96.0 Å². The molecule has 0 aliphatic heterocycles. The van der Waals surface area contributed by atoms with Crippen LogP contribution in [0.3, 0.4) is 0 Å². The van der Waals surface area contributed by atoms with Gasteiger partial charge in [-0.15, -0.1) is 0 Å². The second kappa shape index (κ2) is 15.0. The molecule has 8 nitrogen and oxygen atoms in total. The third-order valence-corrected chi connectivity index (χ3v) is 8.65. The van der Waals surface area contributed by atoms with Crippen LogP contribution < -0.4 is 14.4 Å². The standard InChI is InChI=1S/C34H37N3O5S/c1-3-35-34(39)32(24-27-14-8-5-9-15-27)36(25-28-16-10-6-11-17-28)33(38)26-37(29-20-22-30(23-21-29)42-4-2)43(40,41)31-18-12-7-13-19-31/h5-23,32H,3-4,24-26H2,1-2H3,(H,35,39). The van der Waals surface area contributed by atoms with Crippen LogP contribution in [0.25, 0.3) is 0 Å². The Kier molecular flexibility index (Phi) is 10.9. The van der Waals surface area contributed by atoms with E-state index in [1.54, 1.807) is 42.5 Å². The molecular weight excluding hydrogens is 562 g/mol. The van der Waals surface area contributed by atoms with Crippen LogP contribution in [-0.2, 0) is 32.6 Å². The molecule has 0 aliphatic carbocycles. The van der Waals surface area contributed by atoms with Crippen molar-refractivity contribution in [3.05, 3.63) is 126 Å². The molecule has 224 valence electrons. The lowest BCUT2D eigenvalue weighted by Gasteiger charge is -2.33. The Bertz CT molecular complexity index is 1570. The number of rotatable bonds is 14. The van der Waals surface area contributed by atoms with Crippen LogP contribution in [-0.4, -0.2) is 50.9 Å². The maximum absolute atomic E-state index is 14.3. The van der Waals surface area contributed by atoms with Crippen molar-refractivity contribution in [2.24, 2.45) is 0 Å². The maximum Gasteiger partial charge on any atom is 0.264 e. The Hall–Kier alpha value is -4.63. The minimum absolute atomic E-state index is 0.0517. The van der Waals surface area contributed by atoms with Crippen molar-refractivity contribution in [1.29, 1.82) is 0 Å². The Morgan fingerprint density at radius 2 is 1.33 bits per heavy atom. The van der Waals surface area contributed by atoms with Gasteiger partial charge in [0.25, 0.3) is 10.0 Å². The van der Waals surface area contributed by atoms with Crippen LogP contribution in [0.15, 0.2) is 120 Å². The van der Waals surface area contributed by atoms with Gasteiger partial charge >= 0.3 is 0 Å². The zero-order valence-corrected chi connectivity index (χ0v) is 25.2. The first-order valence-electron chi connectivity index (χ1n) is 14.3. The van der Waals surface area contributed by atoms with E-state index in [0.29, 0.717) is 24.6 Å². The van der Waals surface area contributed by atoms with Gasteiger partial charge in [-0.2, -0.15) is 0 Å². The molecule has 0 saturated heterocycles. The number of carbonyl (C=O) groups excluding carboxylic acids is 2. The lowest BCUT2D eigenvalue weighted by molar-refractivity contribution is -0.140. The molecule has 0 fully saturated rings. The number of amides is 2. The van der Waals surface area contributed by atoms with Crippen LogP contribution in [0.4, 0.5) is 5.69 Å². The largest absolute Gasteiger partial charge is 0.494 e. The van der Waals surface area contributed by atoms with Crippen LogP contribution in [0.5, 0.6) is 5.75 Å². The predicted molar refractivity (Wildman–Crippen MR) is 168 cm³/mol. The number of carbonyl (C=O) groups is 2. The average molecular weight is 600 g/mol. The second-order valence-corrected chi connectivity index (χ2v) is 11.7. The number of nitrogens with zero attached hydrogens (tertiary/aromatic N) is 2. The number of nitrogens with one attached hydrogen (secondary N) is 1. The molecule has 1 N–H and O–H groups in total. The Morgan fingerprint density at radius 3 is 1.88 bits per heavy atom. The van der Waals surface area contributed by atoms with Gasteiger partial charge in [-0.1, -0.05) is 78.9 Å². The van der Waals surface area contributed by atoms with Crippen LogP contribution in [0.2, 0.25) is 0 Å². The monoisotopic (exact) mass is 599 g/mol. The van der Waals surface area contributed by atoms with E-state index < -0.39 is 28.5 Å². The van der Waals surface area contributed by atoms with Gasteiger partial charge in [0.1, 0.15) is 18.3 Å². The van der Waals surface area contributed by atoms with Gasteiger partial charge < -0.3 is 15.0 Å². The zero-order chi connectivity index (χ0) is 30.7. The van der Waals surface area contributed by atoms with Crippen molar-refractivity contribution >= 4 is 27.5 Å². The summed E-state index contributed by atoms with van der Waals surface area (Å²) in [6.07, 6.45) is 0.264. The fourth-order valence-electron chi connectivity index (χ4n) is 4.75. The van der Waals surface area contributed by atoms with Crippen LogP contribution >= 0.6 is 0 Å². The fourth-order valence-corrected chi connectivity index (χ4v) is 6.19. The van der Waals surface area contributed by atoms with Gasteiger partial charge in [-0.05, 0) is 61.4 Å². The fraction of sp³-hybridized carbons (Fsp3) is 0.235. The lowest BCUT2D eigenvalue weighted by Crippen LogP contribution is -2.53. The Morgan fingerprint density at radius 1 is 0.767 bits per heavy atom. The first kappa shape index (κ1) is 31.3. The summed E-state index contributed by atoms with van der Waals surface area (Å²) in [6.45, 7) is 4.14. The number of likely N-dealkylation sites (N-methyl/N-ethyl adjacent to an activating group) is 1. The smallest absolute Gasteiger partial charge is 0.264 e. The third-order valence-electron chi connectivity index (χ3n) is 6.86. The van der Waals surface area contributed by atoms with E-state index >= 15 is 0 Å². The highest BCUT2D eigenvalue weighted by Gasteiger charge is 2.34. The Labute approximate surface area is 254 Å². The summed E-state index contributed by atoms with van der Waals surface area (Å²) in [5.74, 6) is -0.238. The highest BCUT2D eigenvalue weighted by Crippen LogP contribution is 2.27. The average Bonchev–Trinajstić information content (AvgIpc) is 3.03. The molecule has 9 heteroatoms. The van der Waals surface area contributed by atoms with E-state index in [-0.39, 0.29) is 23.8 Å². The van der Waals surface area contributed by atoms with E-state index in [1.165, 1.54) is 17.0 Å². The molecule has 4 rings (SSSR count). The quantitative estimate of drug-likeness (QED) is 0.219. The number of hydrogen-bond donors (Lipinski definition) is 1. The van der Waals surface area contributed by atoms with Crippen molar-refractivity contribution in [1.82, 2.24) is 10.2 Å². The van der Waals surface area contributed by atoms with Crippen LogP contribution in [0, 0.1) is 0 Å². The van der Waals surface area contributed by atoms with E-state index in [4.69, 9.17) is 4.74 Å².